The highest BCUT2D eigenvalue weighted by Gasteiger charge is 2.30. The summed E-state index contributed by atoms with van der Waals surface area (Å²) < 4.78 is 1.94. The Bertz CT molecular complexity index is 726. The first-order chi connectivity index (χ1) is 11.4. The van der Waals surface area contributed by atoms with Crippen LogP contribution in [0.4, 0.5) is 0 Å². The molecule has 0 aromatic carbocycles. The van der Waals surface area contributed by atoms with E-state index in [-0.39, 0.29) is 5.91 Å². The van der Waals surface area contributed by atoms with Crippen LogP contribution in [-0.2, 0) is 25.9 Å². The number of amides is 1. The molecular formula is C18H26N4OS. The minimum atomic E-state index is -0.00707. The van der Waals surface area contributed by atoms with E-state index >= 15 is 0 Å². The van der Waals surface area contributed by atoms with Crippen LogP contribution in [0.2, 0.25) is 0 Å². The highest BCUT2D eigenvalue weighted by Crippen LogP contribution is 2.40. The fourth-order valence-electron chi connectivity index (χ4n) is 3.30. The maximum Gasteiger partial charge on any atom is 0.261 e. The predicted molar refractivity (Wildman–Crippen MR) is 96.2 cm³/mol. The number of fused-ring (bicyclic) bond motifs is 1. The van der Waals surface area contributed by atoms with Crippen molar-refractivity contribution in [3.63, 3.8) is 0 Å². The van der Waals surface area contributed by atoms with Gasteiger partial charge in [0.05, 0.1) is 11.4 Å². The SMILES string of the molecule is CCn1cnnc1CNC(=O)c1cc2c(s1)CCC(C(C)(C)C)C2. The van der Waals surface area contributed by atoms with Crippen molar-refractivity contribution in [3.05, 3.63) is 33.5 Å². The lowest BCUT2D eigenvalue weighted by Gasteiger charge is -2.33. The minimum absolute atomic E-state index is 0.00707. The fourth-order valence-corrected chi connectivity index (χ4v) is 4.43. The topological polar surface area (TPSA) is 59.8 Å². The molecule has 2 heterocycles. The van der Waals surface area contributed by atoms with Gasteiger partial charge in [0, 0.05) is 11.4 Å². The van der Waals surface area contributed by atoms with Crippen molar-refractivity contribution < 1.29 is 4.79 Å². The normalized spacial score (nSPS) is 17.6. The molecule has 1 aliphatic carbocycles. The van der Waals surface area contributed by atoms with E-state index in [1.165, 1.54) is 16.9 Å². The molecule has 2 aromatic heterocycles. The van der Waals surface area contributed by atoms with E-state index in [0.29, 0.717) is 17.9 Å². The van der Waals surface area contributed by atoms with E-state index in [2.05, 4.69) is 42.4 Å². The molecule has 3 rings (SSSR count). The van der Waals surface area contributed by atoms with Crippen LogP contribution in [0.15, 0.2) is 12.4 Å². The number of carbonyl (C=O) groups excluding carboxylic acids is 1. The molecule has 0 saturated heterocycles. The lowest BCUT2D eigenvalue weighted by Crippen LogP contribution is -2.26. The number of thiophene rings is 1. The number of rotatable bonds is 4. The Morgan fingerprint density at radius 3 is 2.96 bits per heavy atom. The first-order valence-electron chi connectivity index (χ1n) is 8.65. The Morgan fingerprint density at radius 1 is 1.46 bits per heavy atom. The van der Waals surface area contributed by atoms with E-state index in [9.17, 15) is 4.79 Å². The third kappa shape index (κ3) is 3.53. The molecule has 0 radical (unpaired) electrons. The largest absolute Gasteiger partial charge is 0.344 e. The summed E-state index contributed by atoms with van der Waals surface area (Å²) in [6, 6.07) is 2.10. The van der Waals surface area contributed by atoms with Gasteiger partial charge in [0.1, 0.15) is 6.33 Å². The lowest BCUT2D eigenvalue weighted by molar-refractivity contribution is 0.0953. The van der Waals surface area contributed by atoms with Crippen LogP contribution in [-0.4, -0.2) is 20.7 Å². The van der Waals surface area contributed by atoms with E-state index in [4.69, 9.17) is 0 Å². The maximum absolute atomic E-state index is 12.5. The molecule has 1 amide bonds. The highest BCUT2D eigenvalue weighted by molar-refractivity contribution is 7.14. The highest BCUT2D eigenvalue weighted by atomic mass is 32.1. The number of nitrogens with zero attached hydrogens (tertiary/aromatic N) is 3. The van der Waals surface area contributed by atoms with Gasteiger partial charge in [-0.1, -0.05) is 20.8 Å². The second kappa shape index (κ2) is 6.67. The zero-order valence-electron chi connectivity index (χ0n) is 14.9. The quantitative estimate of drug-likeness (QED) is 0.922. The van der Waals surface area contributed by atoms with E-state index in [0.717, 1.165) is 30.1 Å². The molecule has 1 aliphatic rings. The summed E-state index contributed by atoms with van der Waals surface area (Å²) in [5, 5.41) is 10.9. The van der Waals surface area contributed by atoms with Crippen LogP contribution in [0, 0.1) is 11.3 Å². The summed E-state index contributed by atoms with van der Waals surface area (Å²) in [7, 11) is 0. The molecule has 130 valence electrons. The van der Waals surface area contributed by atoms with Crippen LogP contribution in [0.3, 0.4) is 0 Å². The van der Waals surface area contributed by atoms with Crippen LogP contribution in [0.5, 0.6) is 0 Å². The summed E-state index contributed by atoms with van der Waals surface area (Å²) in [4.78, 5) is 14.7. The molecule has 0 aliphatic heterocycles. The molecule has 5 nitrogen and oxygen atoms in total. The maximum atomic E-state index is 12.5. The van der Waals surface area contributed by atoms with Gasteiger partial charge in [-0.05, 0) is 49.1 Å². The first kappa shape index (κ1) is 17.1. The molecule has 0 fully saturated rings. The molecule has 1 unspecified atom stereocenters. The Kier molecular flexibility index (Phi) is 4.76. The van der Waals surface area contributed by atoms with Gasteiger partial charge in [-0.2, -0.15) is 0 Å². The number of aryl methyl sites for hydroxylation is 2. The Labute approximate surface area is 147 Å². The molecule has 6 heteroatoms. The van der Waals surface area contributed by atoms with Gasteiger partial charge < -0.3 is 9.88 Å². The molecule has 24 heavy (non-hydrogen) atoms. The van der Waals surface area contributed by atoms with Crippen molar-refractivity contribution >= 4 is 17.2 Å². The summed E-state index contributed by atoms with van der Waals surface area (Å²) >= 11 is 1.65. The average Bonchev–Trinajstić information content (AvgIpc) is 3.16. The van der Waals surface area contributed by atoms with Crippen molar-refractivity contribution in [3.8, 4) is 0 Å². The zero-order chi connectivity index (χ0) is 17.3. The van der Waals surface area contributed by atoms with Gasteiger partial charge in [-0.3, -0.25) is 4.79 Å². The number of hydrogen-bond acceptors (Lipinski definition) is 4. The first-order valence-corrected chi connectivity index (χ1v) is 9.46. The summed E-state index contributed by atoms with van der Waals surface area (Å²) in [5.41, 5.74) is 1.69. The van der Waals surface area contributed by atoms with Crippen LogP contribution >= 0.6 is 11.3 Å². The minimum Gasteiger partial charge on any atom is -0.344 e. The molecule has 1 N–H and O–H groups in total. The van der Waals surface area contributed by atoms with Gasteiger partial charge in [0.25, 0.3) is 5.91 Å². The second-order valence-corrected chi connectivity index (χ2v) is 8.72. The van der Waals surface area contributed by atoms with Gasteiger partial charge in [-0.15, -0.1) is 21.5 Å². The van der Waals surface area contributed by atoms with Crippen molar-refractivity contribution in [2.45, 2.75) is 60.0 Å². The third-order valence-corrected chi connectivity index (χ3v) is 6.21. The Balaban J connectivity index is 1.66. The molecule has 0 saturated carbocycles. The van der Waals surface area contributed by atoms with Crippen LogP contribution in [0.1, 0.15) is 60.1 Å². The number of hydrogen-bond donors (Lipinski definition) is 1. The monoisotopic (exact) mass is 346 g/mol. The van der Waals surface area contributed by atoms with Gasteiger partial charge >= 0.3 is 0 Å². The van der Waals surface area contributed by atoms with Crippen molar-refractivity contribution in [2.24, 2.45) is 11.3 Å². The Hall–Kier alpha value is -1.69. The van der Waals surface area contributed by atoms with Crippen molar-refractivity contribution in [1.82, 2.24) is 20.1 Å². The molecule has 0 spiro atoms. The predicted octanol–water partition coefficient (Wildman–Crippen LogP) is 3.44. The second-order valence-electron chi connectivity index (χ2n) is 7.58. The summed E-state index contributed by atoms with van der Waals surface area (Å²) in [6.07, 6.45) is 5.10. The van der Waals surface area contributed by atoms with Crippen LogP contribution < -0.4 is 5.32 Å². The van der Waals surface area contributed by atoms with Gasteiger partial charge in [-0.25, -0.2) is 0 Å². The Morgan fingerprint density at radius 2 is 2.25 bits per heavy atom. The van der Waals surface area contributed by atoms with Gasteiger partial charge in [0.15, 0.2) is 5.82 Å². The molecule has 2 aromatic rings. The van der Waals surface area contributed by atoms with E-state index < -0.39 is 0 Å². The summed E-state index contributed by atoms with van der Waals surface area (Å²) in [6.45, 7) is 10.2. The van der Waals surface area contributed by atoms with Crippen molar-refractivity contribution in [1.29, 1.82) is 0 Å². The smallest absolute Gasteiger partial charge is 0.261 e. The third-order valence-electron chi connectivity index (χ3n) is 4.97. The van der Waals surface area contributed by atoms with Crippen molar-refractivity contribution in [2.75, 3.05) is 0 Å². The van der Waals surface area contributed by atoms with Crippen LogP contribution in [0.25, 0.3) is 0 Å². The number of nitrogens with one attached hydrogen (secondary N) is 1. The average molecular weight is 347 g/mol. The molecular weight excluding hydrogens is 320 g/mol. The van der Waals surface area contributed by atoms with Gasteiger partial charge in [0.2, 0.25) is 0 Å². The zero-order valence-corrected chi connectivity index (χ0v) is 15.7. The standard InChI is InChI=1S/C18H26N4OS/c1-5-22-11-20-21-16(22)10-19-17(23)15-9-12-8-13(18(2,3)4)6-7-14(12)24-15/h9,11,13H,5-8,10H2,1-4H3,(H,19,23). The van der Waals surface area contributed by atoms with E-state index in [1.54, 1.807) is 17.7 Å². The fraction of sp³-hybridized carbons (Fsp3) is 0.611. The number of carbonyl (C=O) groups is 1. The van der Waals surface area contributed by atoms with E-state index in [1.807, 2.05) is 11.5 Å². The summed E-state index contributed by atoms with van der Waals surface area (Å²) in [5.74, 6) is 1.48. The molecule has 0 bridgehead atoms. The number of aromatic nitrogens is 3. The molecule has 1 atom stereocenters. The lowest BCUT2D eigenvalue weighted by atomic mass is 9.72.